The third kappa shape index (κ3) is 2.65. The largest absolute Gasteiger partial charge is 0.339 e. The highest BCUT2D eigenvalue weighted by molar-refractivity contribution is 9.10. The number of pyridine rings is 1. The first-order valence-electron chi connectivity index (χ1n) is 5.07. The van der Waals surface area contributed by atoms with Crippen molar-refractivity contribution >= 4 is 27.4 Å². The zero-order chi connectivity index (χ0) is 13.0. The van der Waals surface area contributed by atoms with Crippen molar-refractivity contribution in [1.82, 2.24) is 4.98 Å². The molecule has 0 amide bonds. The van der Waals surface area contributed by atoms with E-state index in [4.69, 9.17) is 10.5 Å². The average molecular weight is 299 g/mol. The second-order valence-corrected chi connectivity index (χ2v) is 4.36. The van der Waals surface area contributed by atoms with Gasteiger partial charge in [0.05, 0.1) is 11.3 Å². The van der Waals surface area contributed by atoms with Gasteiger partial charge in [-0.05, 0) is 30.3 Å². The minimum atomic E-state index is 0.327. The van der Waals surface area contributed by atoms with Crippen LogP contribution in [0.15, 0.2) is 40.9 Å². The maximum Gasteiger partial charge on any atom is 0.142 e. The number of hydrogen-bond acceptors (Lipinski definition) is 4. The van der Waals surface area contributed by atoms with Crippen molar-refractivity contribution in [2.45, 2.75) is 0 Å². The molecule has 1 heterocycles. The maximum absolute atomic E-state index is 9.01. The molecular weight excluding hydrogens is 292 g/mol. The summed E-state index contributed by atoms with van der Waals surface area (Å²) in [6, 6.07) is 14.5. The Balaban J connectivity index is 2.37. The van der Waals surface area contributed by atoms with Crippen LogP contribution in [0.5, 0.6) is 0 Å². The smallest absolute Gasteiger partial charge is 0.142 e. The Labute approximate surface area is 113 Å². The van der Waals surface area contributed by atoms with Gasteiger partial charge in [0.1, 0.15) is 23.7 Å². The van der Waals surface area contributed by atoms with Crippen LogP contribution in [-0.4, -0.2) is 4.98 Å². The van der Waals surface area contributed by atoms with Crippen LogP contribution in [0.1, 0.15) is 11.3 Å². The van der Waals surface area contributed by atoms with Crippen molar-refractivity contribution in [2.75, 3.05) is 5.32 Å². The molecule has 4 nitrogen and oxygen atoms in total. The number of anilines is 2. The van der Waals surface area contributed by atoms with Gasteiger partial charge in [-0.15, -0.1) is 0 Å². The van der Waals surface area contributed by atoms with E-state index >= 15 is 0 Å². The van der Waals surface area contributed by atoms with Gasteiger partial charge >= 0.3 is 0 Å². The van der Waals surface area contributed by atoms with Gasteiger partial charge in [0, 0.05) is 4.47 Å². The SMILES string of the molecule is N#Cc1cccc(Nc2cc(Br)ccc2C#N)n1. The molecule has 0 atom stereocenters. The van der Waals surface area contributed by atoms with E-state index in [1.54, 1.807) is 36.4 Å². The minimum absolute atomic E-state index is 0.327. The third-order valence-electron chi connectivity index (χ3n) is 2.23. The van der Waals surface area contributed by atoms with Crippen LogP contribution in [0.4, 0.5) is 11.5 Å². The van der Waals surface area contributed by atoms with Crippen molar-refractivity contribution in [1.29, 1.82) is 10.5 Å². The van der Waals surface area contributed by atoms with E-state index in [9.17, 15) is 0 Å². The lowest BCUT2D eigenvalue weighted by molar-refractivity contribution is 1.25. The van der Waals surface area contributed by atoms with E-state index in [2.05, 4.69) is 32.3 Å². The summed E-state index contributed by atoms with van der Waals surface area (Å²) < 4.78 is 0.862. The summed E-state index contributed by atoms with van der Waals surface area (Å²) in [6.45, 7) is 0. The van der Waals surface area contributed by atoms with Gasteiger partial charge in [-0.2, -0.15) is 10.5 Å². The van der Waals surface area contributed by atoms with Gasteiger partial charge in [0.15, 0.2) is 0 Å². The number of halogens is 1. The molecule has 1 aromatic carbocycles. The zero-order valence-corrected chi connectivity index (χ0v) is 10.8. The molecule has 0 saturated carbocycles. The fourth-order valence-corrected chi connectivity index (χ4v) is 1.78. The quantitative estimate of drug-likeness (QED) is 0.923. The molecule has 0 radical (unpaired) electrons. The fourth-order valence-electron chi connectivity index (χ4n) is 1.42. The van der Waals surface area contributed by atoms with Crippen molar-refractivity contribution in [2.24, 2.45) is 0 Å². The van der Waals surface area contributed by atoms with Crippen molar-refractivity contribution in [3.05, 3.63) is 52.1 Å². The number of nitrogens with zero attached hydrogens (tertiary/aromatic N) is 3. The molecule has 0 unspecified atom stereocenters. The lowest BCUT2D eigenvalue weighted by Crippen LogP contribution is -1.97. The summed E-state index contributed by atoms with van der Waals surface area (Å²) in [6.07, 6.45) is 0. The second-order valence-electron chi connectivity index (χ2n) is 3.45. The molecule has 0 fully saturated rings. The van der Waals surface area contributed by atoms with Gasteiger partial charge in [-0.3, -0.25) is 0 Å². The molecule has 0 bridgehead atoms. The first-order chi connectivity index (χ1) is 8.72. The molecule has 0 spiro atoms. The van der Waals surface area contributed by atoms with Crippen LogP contribution < -0.4 is 5.32 Å². The third-order valence-corrected chi connectivity index (χ3v) is 2.72. The van der Waals surface area contributed by atoms with Crippen LogP contribution in [0, 0.1) is 22.7 Å². The van der Waals surface area contributed by atoms with Crippen LogP contribution in [-0.2, 0) is 0 Å². The molecule has 18 heavy (non-hydrogen) atoms. The molecule has 2 rings (SSSR count). The van der Waals surface area contributed by atoms with E-state index in [0.717, 1.165) is 4.47 Å². The Kier molecular flexibility index (Phi) is 3.57. The van der Waals surface area contributed by atoms with E-state index in [-0.39, 0.29) is 0 Å². The number of benzene rings is 1. The Morgan fingerprint density at radius 2 is 1.94 bits per heavy atom. The van der Waals surface area contributed by atoms with Crippen LogP contribution in [0.2, 0.25) is 0 Å². The number of nitriles is 2. The predicted octanol–water partition coefficient (Wildman–Crippen LogP) is 3.33. The van der Waals surface area contributed by atoms with Gasteiger partial charge in [-0.25, -0.2) is 4.98 Å². The Hall–Kier alpha value is -2.37. The maximum atomic E-state index is 9.01. The van der Waals surface area contributed by atoms with Gasteiger partial charge in [-0.1, -0.05) is 22.0 Å². The van der Waals surface area contributed by atoms with Crippen LogP contribution in [0.3, 0.4) is 0 Å². The first-order valence-corrected chi connectivity index (χ1v) is 5.86. The lowest BCUT2D eigenvalue weighted by atomic mass is 10.2. The number of aromatic nitrogens is 1. The van der Waals surface area contributed by atoms with E-state index in [0.29, 0.717) is 22.8 Å². The highest BCUT2D eigenvalue weighted by Crippen LogP contribution is 2.23. The van der Waals surface area contributed by atoms with Crippen molar-refractivity contribution in [3.8, 4) is 12.1 Å². The first kappa shape index (κ1) is 12.1. The van der Waals surface area contributed by atoms with E-state index in [1.165, 1.54) is 0 Å². The second kappa shape index (κ2) is 5.31. The highest BCUT2D eigenvalue weighted by atomic mass is 79.9. The minimum Gasteiger partial charge on any atom is -0.339 e. The highest BCUT2D eigenvalue weighted by Gasteiger charge is 2.04. The topological polar surface area (TPSA) is 72.5 Å². The summed E-state index contributed by atoms with van der Waals surface area (Å²) in [4.78, 5) is 4.09. The lowest BCUT2D eigenvalue weighted by Gasteiger charge is -2.07. The number of rotatable bonds is 2. The summed E-state index contributed by atoms with van der Waals surface area (Å²) in [7, 11) is 0. The Morgan fingerprint density at radius 3 is 2.67 bits per heavy atom. The summed E-state index contributed by atoms with van der Waals surface area (Å²) in [5.74, 6) is 0.531. The molecule has 0 aliphatic carbocycles. The standard InChI is InChI=1S/C13H7BrN4/c14-10-5-4-9(7-15)12(6-10)18-13-3-1-2-11(8-16)17-13/h1-6H,(H,17,18). The zero-order valence-electron chi connectivity index (χ0n) is 9.18. The Bertz CT molecular complexity index is 667. The number of hydrogen-bond donors (Lipinski definition) is 1. The molecule has 1 aromatic heterocycles. The molecule has 0 aliphatic heterocycles. The number of nitrogens with one attached hydrogen (secondary N) is 1. The van der Waals surface area contributed by atoms with Crippen molar-refractivity contribution < 1.29 is 0 Å². The fraction of sp³-hybridized carbons (Fsp3) is 0. The average Bonchev–Trinajstić information content (AvgIpc) is 2.39. The molecule has 86 valence electrons. The molecule has 5 heteroatoms. The van der Waals surface area contributed by atoms with Crippen LogP contribution >= 0.6 is 15.9 Å². The van der Waals surface area contributed by atoms with E-state index < -0.39 is 0 Å². The van der Waals surface area contributed by atoms with Crippen LogP contribution in [0.25, 0.3) is 0 Å². The summed E-state index contributed by atoms with van der Waals surface area (Å²) >= 11 is 3.34. The normalized spacial score (nSPS) is 9.28. The predicted molar refractivity (Wildman–Crippen MR) is 71.1 cm³/mol. The van der Waals surface area contributed by atoms with Crippen molar-refractivity contribution in [3.63, 3.8) is 0 Å². The summed E-state index contributed by atoms with van der Waals surface area (Å²) in [5, 5.41) is 20.8. The Morgan fingerprint density at radius 1 is 1.11 bits per heavy atom. The molecule has 1 N–H and O–H groups in total. The molecule has 0 saturated heterocycles. The van der Waals surface area contributed by atoms with Gasteiger partial charge in [0.2, 0.25) is 0 Å². The molecular formula is C13H7BrN4. The van der Waals surface area contributed by atoms with Gasteiger partial charge in [0.25, 0.3) is 0 Å². The molecule has 2 aromatic rings. The van der Waals surface area contributed by atoms with Gasteiger partial charge < -0.3 is 5.32 Å². The monoisotopic (exact) mass is 298 g/mol. The molecule has 0 aliphatic rings. The van der Waals surface area contributed by atoms with E-state index in [1.807, 2.05) is 6.07 Å². The summed E-state index contributed by atoms with van der Waals surface area (Å²) in [5.41, 5.74) is 1.49.